The van der Waals surface area contributed by atoms with Crippen molar-refractivity contribution in [2.75, 3.05) is 26.2 Å². The molecule has 1 atom stereocenters. The van der Waals surface area contributed by atoms with Crippen LogP contribution in [0.3, 0.4) is 0 Å². The van der Waals surface area contributed by atoms with Gasteiger partial charge in [0.05, 0.1) is 16.7 Å². The largest absolute Gasteiger partial charge is 0.416 e. The molecule has 0 radical (unpaired) electrons. The molecule has 218 valence electrons. The second-order valence-electron chi connectivity index (χ2n) is 9.78. The van der Waals surface area contributed by atoms with Gasteiger partial charge in [-0.2, -0.15) is 26.3 Å². The number of piperazine rings is 1. The summed E-state index contributed by atoms with van der Waals surface area (Å²) in [5.74, 6) is -1.15. The van der Waals surface area contributed by atoms with Crippen molar-refractivity contribution in [3.63, 3.8) is 0 Å². The van der Waals surface area contributed by atoms with Crippen LogP contribution in [0.5, 0.6) is 0 Å². The first-order valence-corrected chi connectivity index (χ1v) is 12.4. The number of carbonyl (C=O) groups is 2. The lowest BCUT2D eigenvalue weighted by atomic mass is 9.82. The Morgan fingerprint density at radius 2 is 1.68 bits per heavy atom. The van der Waals surface area contributed by atoms with Crippen LogP contribution in [0.25, 0.3) is 10.9 Å². The predicted octanol–water partition coefficient (Wildman–Crippen LogP) is 5.57. The molecule has 1 aliphatic rings. The van der Waals surface area contributed by atoms with Gasteiger partial charge in [0.1, 0.15) is 0 Å². The Bertz CT molecular complexity index is 1320. The summed E-state index contributed by atoms with van der Waals surface area (Å²) in [5, 5.41) is 6.84. The molecular formula is C27H29ClF6N4O2. The number of nitrogens with zero attached hydrogens (tertiary/aromatic N) is 1. The van der Waals surface area contributed by atoms with E-state index in [2.05, 4.69) is 15.6 Å². The van der Waals surface area contributed by atoms with Crippen LogP contribution in [0.15, 0.2) is 48.7 Å². The first-order chi connectivity index (χ1) is 18.3. The number of amides is 2. The highest BCUT2D eigenvalue weighted by Crippen LogP contribution is 2.38. The van der Waals surface area contributed by atoms with Crippen molar-refractivity contribution in [1.29, 1.82) is 0 Å². The van der Waals surface area contributed by atoms with Gasteiger partial charge in [-0.1, -0.05) is 18.2 Å². The van der Waals surface area contributed by atoms with E-state index in [9.17, 15) is 35.9 Å². The zero-order valence-corrected chi connectivity index (χ0v) is 22.3. The predicted molar refractivity (Wildman–Crippen MR) is 140 cm³/mol. The van der Waals surface area contributed by atoms with Gasteiger partial charge in [-0.3, -0.25) is 9.59 Å². The molecule has 0 spiro atoms. The third-order valence-corrected chi connectivity index (χ3v) is 7.01. The zero-order valence-electron chi connectivity index (χ0n) is 21.5. The van der Waals surface area contributed by atoms with Crippen LogP contribution in [-0.2, 0) is 23.6 Å². The molecule has 1 unspecified atom stereocenters. The van der Waals surface area contributed by atoms with Crippen molar-refractivity contribution >= 4 is 35.1 Å². The number of rotatable bonds is 7. The van der Waals surface area contributed by atoms with E-state index in [1.807, 2.05) is 24.3 Å². The summed E-state index contributed by atoms with van der Waals surface area (Å²) in [6, 6.07) is 8.46. The Morgan fingerprint density at radius 3 is 2.30 bits per heavy atom. The summed E-state index contributed by atoms with van der Waals surface area (Å²) in [6.45, 7) is 2.33. The number of H-pyrrole nitrogens is 1. The Balaban J connectivity index is 0.00000441. The summed E-state index contributed by atoms with van der Waals surface area (Å²) in [4.78, 5) is 29.7. The average Bonchev–Trinajstić information content (AvgIpc) is 3.27. The molecule has 13 heteroatoms. The van der Waals surface area contributed by atoms with Gasteiger partial charge in [0, 0.05) is 55.8 Å². The fourth-order valence-electron chi connectivity index (χ4n) is 5.18. The van der Waals surface area contributed by atoms with Crippen LogP contribution in [0.1, 0.15) is 46.8 Å². The Labute approximate surface area is 232 Å². The van der Waals surface area contributed by atoms with E-state index in [0.29, 0.717) is 44.5 Å². The lowest BCUT2D eigenvalue weighted by molar-refractivity contribution is -0.143. The quantitative estimate of drug-likeness (QED) is 0.249. The number of aromatic amines is 1. The number of nitrogens with one attached hydrogen (secondary N) is 3. The summed E-state index contributed by atoms with van der Waals surface area (Å²) in [6.07, 6.45) is -7.27. The fraction of sp³-hybridized carbons (Fsp3) is 0.407. The Hall–Kier alpha value is -3.25. The highest BCUT2D eigenvalue weighted by atomic mass is 35.5. The number of fused-ring (bicyclic) bond motifs is 1. The summed E-state index contributed by atoms with van der Waals surface area (Å²) >= 11 is 0. The molecule has 1 aromatic heterocycles. The van der Waals surface area contributed by atoms with E-state index in [4.69, 9.17) is 0 Å². The molecule has 0 saturated carbocycles. The van der Waals surface area contributed by atoms with Gasteiger partial charge in [-0.05, 0) is 49.1 Å². The van der Waals surface area contributed by atoms with E-state index in [-0.39, 0.29) is 37.5 Å². The van der Waals surface area contributed by atoms with Crippen molar-refractivity contribution in [2.45, 2.75) is 44.1 Å². The minimum atomic E-state index is -5.07. The van der Waals surface area contributed by atoms with Crippen molar-refractivity contribution in [1.82, 2.24) is 20.5 Å². The van der Waals surface area contributed by atoms with Gasteiger partial charge in [0.2, 0.25) is 5.91 Å². The summed E-state index contributed by atoms with van der Waals surface area (Å²) in [5.41, 5.74) is -3.02. The number of para-hydroxylation sites is 1. The van der Waals surface area contributed by atoms with Gasteiger partial charge in [0.15, 0.2) is 0 Å². The first-order valence-electron chi connectivity index (χ1n) is 12.4. The van der Waals surface area contributed by atoms with E-state index in [1.54, 1.807) is 6.20 Å². The lowest BCUT2D eigenvalue weighted by Gasteiger charge is -2.48. The van der Waals surface area contributed by atoms with E-state index < -0.39 is 40.5 Å². The standard InChI is InChI=1S/C27H28F6N4O2.ClH/c1-17(38)35-8-4-7-25(14-19-15-36-23-6-3-2-5-22(19)23)16-34-9-10-37(25)24(39)18-11-20(26(28,29)30)13-21(12-18)27(31,32)33;/h2-3,5-6,11-13,15,34,36H,4,7-10,14,16H2,1H3,(H,35,38);1H. The molecule has 3 aromatic rings. The number of carbonyl (C=O) groups excluding carboxylic acids is 2. The van der Waals surface area contributed by atoms with Crippen molar-refractivity contribution in [3.05, 3.63) is 70.9 Å². The molecule has 3 N–H and O–H groups in total. The highest BCUT2D eigenvalue weighted by molar-refractivity contribution is 5.95. The van der Waals surface area contributed by atoms with Crippen LogP contribution in [0, 0.1) is 0 Å². The second-order valence-corrected chi connectivity index (χ2v) is 9.78. The molecule has 40 heavy (non-hydrogen) atoms. The molecular weight excluding hydrogens is 562 g/mol. The third kappa shape index (κ3) is 6.90. The topological polar surface area (TPSA) is 77.2 Å². The first kappa shape index (κ1) is 31.3. The van der Waals surface area contributed by atoms with E-state index >= 15 is 0 Å². The number of hydrogen-bond acceptors (Lipinski definition) is 3. The minimum Gasteiger partial charge on any atom is -0.361 e. The smallest absolute Gasteiger partial charge is 0.361 e. The molecule has 2 heterocycles. The van der Waals surface area contributed by atoms with Gasteiger partial charge in [-0.25, -0.2) is 0 Å². The Morgan fingerprint density at radius 1 is 1.02 bits per heavy atom. The lowest BCUT2D eigenvalue weighted by Crippen LogP contribution is -2.64. The van der Waals surface area contributed by atoms with Crippen LogP contribution >= 0.6 is 12.4 Å². The van der Waals surface area contributed by atoms with Crippen LogP contribution < -0.4 is 10.6 Å². The minimum absolute atomic E-state index is 0. The summed E-state index contributed by atoms with van der Waals surface area (Å²) in [7, 11) is 0. The molecule has 0 bridgehead atoms. The molecule has 6 nitrogen and oxygen atoms in total. The van der Waals surface area contributed by atoms with E-state index in [1.165, 1.54) is 11.8 Å². The van der Waals surface area contributed by atoms with Crippen LogP contribution in [0.4, 0.5) is 26.3 Å². The van der Waals surface area contributed by atoms with E-state index in [0.717, 1.165) is 16.5 Å². The number of alkyl halides is 6. The maximum Gasteiger partial charge on any atom is 0.416 e. The van der Waals surface area contributed by atoms with Crippen molar-refractivity contribution in [3.8, 4) is 0 Å². The highest BCUT2D eigenvalue weighted by Gasteiger charge is 2.44. The third-order valence-electron chi connectivity index (χ3n) is 7.01. The van der Waals surface area contributed by atoms with Crippen molar-refractivity contribution < 1.29 is 35.9 Å². The number of halogens is 7. The van der Waals surface area contributed by atoms with Gasteiger partial charge >= 0.3 is 12.4 Å². The fourth-order valence-corrected chi connectivity index (χ4v) is 5.18. The van der Waals surface area contributed by atoms with Crippen molar-refractivity contribution in [2.24, 2.45) is 0 Å². The molecule has 2 aromatic carbocycles. The number of aromatic nitrogens is 1. The van der Waals surface area contributed by atoms with Gasteiger partial charge in [-0.15, -0.1) is 12.4 Å². The van der Waals surface area contributed by atoms with Gasteiger partial charge in [0.25, 0.3) is 5.91 Å². The molecule has 0 aliphatic carbocycles. The van der Waals surface area contributed by atoms with Gasteiger partial charge < -0.3 is 20.5 Å². The maximum absolute atomic E-state index is 13.8. The number of hydrogen-bond donors (Lipinski definition) is 3. The second kappa shape index (κ2) is 12.1. The number of benzene rings is 2. The molecule has 1 aliphatic heterocycles. The zero-order chi connectivity index (χ0) is 28.4. The Kier molecular flexibility index (Phi) is 9.46. The maximum atomic E-state index is 13.8. The molecule has 1 fully saturated rings. The SMILES string of the molecule is CC(=O)NCCCC1(Cc2c[nH]c3ccccc23)CNCCN1C(=O)c1cc(C(F)(F)F)cc(C(F)(F)F)c1.Cl. The molecule has 4 rings (SSSR count). The van der Waals surface area contributed by atoms with Crippen LogP contribution in [-0.4, -0.2) is 53.4 Å². The molecule has 1 saturated heterocycles. The monoisotopic (exact) mass is 590 g/mol. The van der Waals surface area contributed by atoms with Crippen LogP contribution in [0.2, 0.25) is 0 Å². The normalized spacial score (nSPS) is 17.9. The average molecular weight is 591 g/mol. The molecule has 2 amide bonds. The summed E-state index contributed by atoms with van der Waals surface area (Å²) < 4.78 is 81.1.